The number of carbonyl (C=O) groups is 1. The van der Waals surface area contributed by atoms with Gasteiger partial charge in [0.2, 0.25) is 5.91 Å². The molecule has 1 amide bonds. The molecule has 0 heterocycles. The molecule has 1 aromatic carbocycles. The van der Waals surface area contributed by atoms with Crippen LogP contribution in [0.4, 0.5) is 30.7 Å². The molecule has 0 spiro atoms. The number of alkyl halides is 6. The van der Waals surface area contributed by atoms with Gasteiger partial charge in [-0.2, -0.15) is 26.3 Å². The molecule has 0 saturated heterocycles. The monoisotopic (exact) mass is 522 g/mol. The molecule has 1 aromatic rings. The van der Waals surface area contributed by atoms with E-state index in [9.17, 15) is 35.5 Å². The van der Waals surface area contributed by atoms with Crippen molar-refractivity contribution in [3.8, 4) is 0 Å². The summed E-state index contributed by atoms with van der Waals surface area (Å²) in [7, 11) is 0. The maximum Gasteiger partial charge on any atom is 0.416 e. The van der Waals surface area contributed by atoms with Gasteiger partial charge < -0.3 is 10.6 Å². The Balaban J connectivity index is 0.00000205. The largest absolute Gasteiger partial charge is 0.416 e. The van der Waals surface area contributed by atoms with Crippen molar-refractivity contribution in [3.05, 3.63) is 71.1 Å². The Morgan fingerprint density at radius 3 is 2.11 bits per heavy atom. The Hall–Kier alpha value is -2.62. The molecule has 2 atom stereocenters. The first-order chi connectivity index (χ1) is 16.8. The summed E-state index contributed by atoms with van der Waals surface area (Å²) in [6.45, 7) is 5.52. The summed E-state index contributed by atoms with van der Waals surface area (Å²) < 4.78 is 90.4. The summed E-state index contributed by atoms with van der Waals surface area (Å²) in [6, 6.07) is 6.11. The Morgan fingerprint density at radius 1 is 1.00 bits per heavy atom. The van der Waals surface area contributed by atoms with E-state index < -0.39 is 23.5 Å². The van der Waals surface area contributed by atoms with Crippen molar-refractivity contribution in [3.63, 3.8) is 0 Å². The van der Waals surface area contributed by atoms with Crippen molar-refractivity contribution in [2.75, 3.05) is 6.54 Å². The summed E-state index contributed by atoms with van der Waals surface area (Å²) in [4.78, 5) is 12.3. The van der Waals surface area contributed by atoms with Crippen LogP contribution >= 0.6 is 0 Å². The van der Waals surface area contributed by atoms with Crippen LogP contribution < -0.4 is 10.6 Å². The summed E-state index contributed by atoms with van der Waals surface area (Å²) in [5, 5.41) is 5.79. The van der Waals surface area contributed by atoms with Gasteiger partial charge in [0.25, 0.3) is 0 Å². The molecule has 1 aliphatic carbocycles. The van der Waals surface area contributed by atoms with Gasteiger partial charge >= 0.3 is 12.4 Å². The second-order valence-electron chi connectivity index (χ2n) is 8.41. The third-order valence-corrected chi connectivity index (χ3v) is 5.28. The van der Waals surface area contributed by atoms with Gasteiger partial charge in [0, 0.05) is 25.0 Å². The van der Waals surface area contributed by atoms with Gasteiger partial charge in [-0.15, -0.1) is 0 Å². The quantitative estimate of drug-likeness (QED) is 0.281. The second kappa shape index (κ2) is 14.8. The molecular weight excluding hydrogens is 489 g/mol. The standard InChI is InChI=1S/C23H25F7N2O.C3H8/c1-2-17(22(25,26)27)13-18(23(28,29)30)4-3-11-31-21(33)16-7-10-20(12-16)32-14-15-5-8-19(24)9-6-15;1-3-2/h2-6,8-9,13,16,20,32H,7,10-12,14H2,1H3,(H,31,33);3H2,1-2H3/b4-3+,17-2+,18-13+;/t16-,20+;/m0./s1. The van der Waals surface area contributed by atoms with E-state index in [-0.39, 0.29) is 36.3 Å². The van der Waals surface area contributed by atoms with Crippen LogP contribution in [0.5, 0.6) is 0 Å². The van der Waals surface area contributed by atoms with Crippen LogP contribution in [0.2, 0.25) is 0 Å². The zero-order chi connectivity index (χ0) is 27.4. The van der Waals surface area contributed by atoms with Gasteiger partial charge in [-0.05, 0) is 50.0 Å². The lowest BCUT2D eigenvalue weighted by Crippen LogP contribution is -2.31. The van der Waals surface area contributed by atoms with Crippen molar-refractivity contribution in [2.24, 2.45) is 5.92 Å². The topological polar surface area (TPSA) is 41.1 Å². The Morgan fingerprint density at radius 2 is 1.58 bits per heavy atom. The summed E-state index contributed by atoms with van der Waals surface area (Å²) in [5.74, 6) is -0.972. The number of halogens is 7. The van der Waals surface area contributed by atoms with Crippen LogP contribution in [0, 0.1) is 11.7 Å². The van der Waals surface area contributed by atoms with E-state index in [0.29, 0.717) is 31.5 Å². The number of hydrogen-bond donors (Lipinski definition) is 2. The molecule has 3 nitrogen and oxygen atoms in total. The summed E-state index contributed by atoms with van der Waals surface area (Å²) in [6.07, 6.45) is -4.67. The molecule has 0 aliphatic heterocycles. The molecule has 202 valence electrons. The predicted octanol–water partition coefficient (Wildman–Crippen LogP) is 7.17. The maximum atomic E-state index is 13.1. The van der Waals surface area contributed by atoms with Crippen molar-refractivity contribution in [1.29, 1.82) is 0 Å². The van der Waals surface area contributed by atoms with E-state index in [1.807, 2.05) is 0 Å². The third kappa shape index (κ3) is 11.4. The fraction of sp³-hybridized carbons (Fsp3) is 0.500. The lowest BCUT2D eigenvalue weighted by atomic mass is 10.1. The molecule has 0 bridgehead atoms. The van der Waals surface area contributed by atoms with E-state index >= 15 is 0 Å². The second-order valence-corrected chi connectivity index (χ2v) is 8.41. The molecule has 1 saturated carbocycles. The first kappa shape index (κ1) is 31.4. The lowest BCUT2D eigenvalue weighted by molar-refractivity contribution is -0.124. The lowest BCUT2D eigenvalue weighted by Gasteiger charge is -2.14. The zero-order valence-corrected chi connectivity index (χ0v) is 20.6. The molecule has 36 heavy (non-hydrogen) atoms. The van der Waals surface area contributed by atoms with E-state index in [1.54, 1.807) is 12.1 Å². The Kier molecular flexibility index (Phi) is 12.9. The van der Waals surface area contributed by atoms with Gasteiger partial charge in [0.05, 0.1) is 11.1 Å². The number of hydrogen-bond acceptors (Lipinski definition) is 2. The normalized spacial score (nSPS) is 19.3. The van der Waals surface area contributed by atoms with Gasteiger partial charge in [0.15, 0.2) is 0 Å². The van der Waals surface area contributed by atoms with Crippen LogP contribution in [0.15, 0.2) is 59.7 Å². The van der Waals surface area contributed by atoms with E-state index in [2.05, 4.69) is 24.5 Å². The van der Waals surface area contributed by atoms with Crippen molar-refractivity contribution >= 4 is 5.91 Å². The van der Waals surface area contributed by atoms with Crippen molar-refractivity contribution < 1.29 is 35.5 Å². The Labute approximate surface area is 207 Å². The molecule has 0 unspecified atom stereocenters. The van der Waals surface area contributed by atoms with Gasteiger partial charge in [0.1, 0.15) is 5.82 Å². The molecule has 0 aromatic heterocycles. The van der Waals surface area contributed by atoms with Crippen LogP contribution in [-0.4, -0.2) is 30.8 Å². The third-order valence-electron chi connectivity index (χ3n) is 5.28. The number of carbonyl (C=O) groups excluding carboxylic acids is 1. The van der Waals surface area contributed by atoms with Crippen LogP contribution in [0.25, 0.3) is 0 Å². The predicted molar refractivity (Wildman–Crippen MR) is 126 cm³/mol. The summed E-state index contributed by atoms with van der Waals surface area (Å²) in [5.41, 5.74) is -1.98. The highest BCUT2D eigenvalue weighted by atomic mass is 19.4. The van der Waals surface area contributed by atoms with E-state index in [1.165, 1.54) is 18.6 Å². The molecular formula is C26H33F7N2O. The molecule has 10 heteroatoms. The fourth-order valence-electron chi connectivity index (χ4n) is 3.48. The van der Waals surface area contributed by atoms with Gasteiger partial charge in [-0.3, -0.25) is 4.79 Å². The molecule has 0 radical (unpaired) electrons. The van der Waals surface area contributed by atoms with E-state index in [4.69, 9.17) is 0 Å². The van der Waals surface area contributed by atoms with Crippen LogP contribution in [0.3, 0.4) is 0 Å². The Bertz CT molecular complexity index is 900. The number of rotatable bonds is 8. The van der Waals surface area contributed by atoms with Gasteiger partial charge in [-0.25, -0.2) is 4.39 Å². The highest BCUT2D eigenvalue weighted by Gasteiger charge is 2.37. The number of amides is 1. The zero-order valence-electron chi connectivity index (χ0n) is 20.6. The average Bonchev–Trinajstić information content (AvgIpc) is 3.26. The van der Waals surface area contributed by atoms with Crippen LogP contribution in [0.1, 0.15) is 52.0 Å². The highest BCUT2D eigenvalue weighted by molar-refractivity contribution is 5.79. The van der Waals surface area contributed by atoms with Crippen LogP contribution in [-0.2, 0) is 11.3 Å². The van der Waals surface area contributed by atoms with E-state index in [0.717, 1.165) is 25.0 Å². The SMILES string of the molecule is CCC.C\C=C(/C=C(\C=C\CNC(=O)[C@H]1CC[C@@H](NCc2ccc(F)cc2)C1)C(F)(F)F)C(F)(F)F. The first-order valence-corrected chi connectivity index (χ1v) is 11.8. The van der Waals surface area contributed by atoms with Gasteiger partial charge in [-0.1, -0.05) is 50.6 Å². The minimum absolute atomic E-state index is 0.0344. The molecule has 1 fully saturated rings. The molecule has 2 rings (SSSR count). The molecule has 2 N–H and O–H groups in total. The molecule has 1 aliphatic rings. The summed E-state index contributed by atoms with van der Waals surface area (Å²) >= 11 is 0. The van der Waals surface area contributed by atoms with Crippen molar-refractivity contribution in [2.45, 2.75) is 71.4 Å². The number of benzene rings is 1. The first-order valence-electron chi connectivity index (χ1n) is 11.8. The number of allylic oxidation sites excluding steroid dienone is 5. The maximum absolute atomic E-state index is 13.1. The minimum atomic E-state index is -4.98. The smallest absolute Gasteiger partial charge is 0.352 e. The fourth-order valence-corrected chi connectivity index (χ4v) is 3.48. The number of nitrogens with one attached hydrogen (secondary N) is 2. The average molecular weight is 523 g/mol. The van der Waals surface area contributed by atoms with Crippen molar-refractivity contribution in [1.82, 2.24) is 10.6 Å². The highest BCUT2D eigenvalue weighted by Crippen LogP contribution is 2.33. The minimum Gasteiger partial charge on any atom is -0.352 e.